The maximum absolute atomic E-state index is 12.8. The molecule has 3 aliphatic carbocycles. The molecule has 0 amide bonds. The molecular formula is C25H38O4. The van der Waals surface area contributed by atoms with Crippen molar-refractivity contribution >= 4 is 11.6 Å². The summed E-state index contributed by atoms with van der Waals surface area (Å²) in [4.78, 5) is 25.1. The van der Waals surface area contributed by atoms with Crippen LogP contribution in [0, 0.1) is 23.7 Å². The molecule has 29 heavy (non-hydrogen) atoms. The third-order valence-corrected chi connectivity index (χ3v) is 7.91. The van der Waals surface area contributed by atoms with Crippen LogP contribution >= 0.6 is 0 Å². The third kappa shape index (κ3) is 5.58. The average molecular weight is 403 g/mol. The topological polar surface area (TPSA) is 52.6 Å². The van der Waals surface area contributed by atoms with Crippen molar-refractivity contribution in [2.45, 2.75) is 102 Å². The van der Waals surface area contributed by atoms with Crippen LogP contribution in [-0.2, 0) is 19.1 Å². The van der Waals surface area contributed by atoms with Gasteiger partial charge in [0, 0.05) is 25.2 Å². The molecule has 1 heterocycles. The Morgan fingerprint density at radius 3 is 2.62 bits per heavy atom. The van der Waals surface area contributed by atoms with Gasteiger partial charge in [-0.05, 0) is 56.3 Å². The summed E-state index contributed by atoms with van der Waals surface area (Å²) in [5.41, 5.74) is 0. The van der Waals surface area contributed by atoms with Crippen LogP contribution in [0.25, 0.3) is 0 Å². The van der Waals surface area contributed by atoms with E-state index in [4.69, 9.17) is 9.47 Å². The third-order valence-electron chi connectivity index (χ3n) is 7.91. The molecule has 162 valence electrons. The van der Waals surface area contributed by atoms with Crippen molar-refractivity contribution in [1.29, 1.82) is 0 Å². The summed E-state index contributed by atoms with van der Waals surface area (Å²) in [6, 6.07) is 0. The first-order valence-electron chi connectivity index (χ1n) is 12.2. The molecule has 4 rings (SSSR count). The number of Topliss-reactive ketones (excluding diaryl/α,β-unsaturated/α-hetero) is 2. The number of fused-ring (bicyclic) bond motifs is 2. The van der Waals surface area contributed by atoms with Crippen LogP contribution < -0.4 is 0 Å². The van der Waals surface area contributed by atoms with Gasteiger partial charge in [0.05, 0.1) is 6.10 Å². The maximum Gasteiger partial charge on any atom is 0.148 e. The lowest BCUT2D eigenvalue weighted by molar-refractivity contribution is -0.127. The molecule has 0 aromatic heterocycles. The summed E-state index contributed by atoms with van der Waals surface area (Å²) in [6.07, 6.45) is 19.2. The van der Waals surface area contributed by atoms with Gasteiger partial charge in [-0.25, -0.2) is 0 Å². The molecule has 0 bridgehead atoms. The molecule has 2 saturated carbocycles. The zero-order valence-corrected chi connectivity index (χ0v) is 17.9. The quantitative estimate of drug-likeness (QED) is 0.485. The first kappa shape index (κ1) is 21.2. The maximum atomic E-state index is 12.8. The molecule has 4 heteroatoms. The monoisotopic (exact) mass is 402 g/mol. The normalized spacial score (nSPS) is 36.4. The Balaban J connectivity index is 1.10. The van der Waals surface area contributed by atoms with Crippen LogP contribution in [0.4, 0.5) is 0 Å². The molecule has 3 fully saturated rings. The van der Waals surface area contributed by atoms with Crippen LogP contribution in [0.15, 0.2) is 12.2 Å². The number of hydrogen-bond donors (Lipinski definition) is 0. The fourth-order valence-corrected chi connectivity index (χ4v) is 6.32. The smallest absolute Gasteiger partial charge is 0.148 e. The predicted molar refractivity (Wildman–Crippen MR) is 112 cm³/mol. The Bertz CT molecular complexity index is 596. The Kier molecular flexibility index (Phi) is 7.58. The Morgan fingerprint density at radius 2 is 1.69 bits per heavy atom. The summed E-state index contributed by atoms with van der Waals surface area (Å²) in [5, 5.41) is 0. The van der Waals surface area contributed by atoms with Crippen LogP contribution in [-0.4, -0.2) is 30.6 Å². The zero-order chi connectivity index (χ0) is 20.1. The second-order valence-electron chi connectivity index (χ2n) is 9.83. The SMILES string of the molecule is O=C(CCCC(=O)C1CCCC2CCCCC21)CCCC1C=C[C@H]2OCOC2C1. The number of carbonyl (C=O) groups is 2. The van der Waals surface area contributed by atoms with E-state index in [1.54, 1.807) is 0 Å². The molecule has 1 saturated heterocycles. The van der Waals surface area contributed by atoms with Crippen molar-refractivity contribution in [3.63, 3.8) is 0 Å². The van der Waals surface area contributed by atoms with Gasteiger partial charge < -0.3 is 9.47 Å². The highest BCUT2D eigenvalue weighted by Crippen LogP contribution is 2.44. The Morgan fingerprint density at radius 1 is 0.862 bits per heavy atom. The highest BCUT2D eigenvalue weighted by atomic mass is 16.7. The molecular weight excluding hydrogens is 364 g/mol. The molecule has 4 aliphatic rings. The lowest BCUT2D eigenvalue weighted by atomic mass is 9.64. The standard InChI is InChI=1S/C25H38O4/c26-20(9-3-6-18-14-15-24-25(16-18)29-17-28-24)10-5-13-23(27)22-12-4-8-19-7-1-2-11-21(19)22/h14-15,18-19,21-22,24-25H,1-13,16-17H2/t18?,19?,21?,22?,24-,25?/m1/s1. The summed E-state index contributed by atoms with van der Waals surface area (Å²) < 4.78 is 11.1. The van der Waals surface area contributed by atoms with E-state index in [1.807, 2.05) is 0 Å². The van der Waals surface area contributed by atoms with Gasteiger partial charge in [-0.2, -0.15) is 0 Å². The lowest BCUT2D eigenvalue weighted by Gasteiger charge is -2.40. The summed E-state index contributed by atoms with van der Waals surface area (Å²) in [5.74, 6) is 3.04. The number of carbonyl (C=O) groups excluding carboxylic acids is 2. The van der Waals surface area contributed by atoms with E-state index in [2.05, 4.69) is 12.2 Å². The highest BCUT2D eigenvalue weighted by Gasteiger charge is 2.38. The highest BCUT2D eigenvalue weighted by molar-refractivity contribution is 5.83. The molecule has 4 nitrogen and oxygen atoms in total. The molecule has 0 spiro atoms. The fourth-order valence-electron chi connectivity index (χ4n) is 6.32. The van der Waals surface area contributed by atoms with E-state index in [1.165, 1.54) is 38.5 Å². The number of hydrogen-bond acceptors (Lipinski definition) is 4. The number of rotatable bonds is 9. The van der Waals surface area contributed by atoms with Crippen molar-refractivity contribution in [3.05, 3.63) is 12.2 Å². The van der Waals surface area contributed by atoms with E-state index in [-0.39, 0.29) is 12.2 Å². The van der Waals surface area contributed by atoms with Crippen molar-refractivity contribution in [3.8, 4) is 0 Å². The second kappa shape index (κ2) is 10.3. The molecule has 0 aromatic carbocycles. The average Bonchev–Trinajstić information content (AvgIpc) is 3.21. The fraction of sp³-hybridized carbons (Fsp3) is 0.840. The van der Waals surface area contributed by atoms with Crippen LogP contribution in [0.5, 0.6) is 0 Å². The summed E-state index contributed by atoms with van der Waals surface area (Å²) >= 11 is 0. The van der Waals surface area contributed by atoms with Crippen molar-refractivity contribution < 1.29 is 19.1 Å². The van der Waals surface area contributed by atoms with Gasteiger partial charge in [0.2, 0.25) is 0 Å². The predicted octanol–water partition coefficient (Wildman–Crippen LogP) is 5.39. The van der Waals surface area contributed by atoms with E-state index in [0.717, 1.165) is 38.0 Å². The van der Waals surface area contributed by atoms with Gasteiger partial charge in [-0.3, -0.25) is 9.59 Å². The molecule has 1 aliphatic heterocycles. The van der Waals surface area contributed by atoms with Crippen LogP contribution in [0.1, 0.15) is 89.9 Å². The number of ketones is 2. The largest absolute Gasteiger partial charge is 0.349 e. The van der Waals surface area contributed by atoms with Gasteiger partial charge in [0.25, 0.3) is 0 Å². The van der Waals surface area contributed by atoms with Gasteiger partial charge in [0.1, 0.15) is 24.5 Å². The first-order valence-corrected chi connectivity index (χ1v) is 12.2. The van der Waals surface area contributed by atoms with E-state index in [0.29, 0.717) is 55.4 Å². The molecule has 0 N–H and O–H groups in total. The molecule has 5 unspecified atom stereocenters. The van der Waals surface area contributed by atoms with Gasteiger partial charge in [0.15, 0.2) is 0 Å². The Hall–Kier alpha value is -1.00. The van der Waals surface area contributed by atoms with Gasteiger partial charge in [-0.1, -0.05) is 44.3 Å². The van der Waals surface area contributed by atoms with E-state index < -0.39 is 0 Å². The minimum Gasteiger partial charge on any atom is -0.349 e. The van der Waals surface area contributed by atoms with Crippen LogP contribution in [0.2, 0.25) is 0 Å². The Labute approximate surface area is 175 Å². The van der Waals surface area contributed by atoms with Gasteiger partial charge in [-0.15, -0.1) is 0 Å². The van der Waals surface area contributed by atoms with Crippen molar-refractivity contribution in [2.24, 2.45) is 23.7 Å². The van der Waals surface area contributed by atoms with E-state index >= 15 is 0 Å². The number of allylic oxidation sites excluding steroid dienone is 1. The van der Waals surface area contributed by atoms with Crippen LogP contribution in [0.3, 0.4) is 0 Å². The second-order valence-corrected chi connectivity index (χ2v) is 9.83. The summed E-state index contributed by atoms with van der Waals surface area (Å²) in [6.45, 7) is 0.409. The van der Waals surface area contributed by atoms with Gasteiger partial charge >= 0.3 is 0 Å². The molecule has 0 radical (unpaired) electrons. The minimum absolute atomic E-state index is 0.137. The molecule has 0 aromatic rings. The zero-order valence-electron chi connectivity index (χ0n) is 17.9. The molecule has 6 atom stereocenters. The number of ether oxygens (including phenoxy) is 2. The first-order chi connectivity index (χ1) is 14.2. The van der Waals surface area contributed by atoms with E-state index in [9.17, 15) is 9.59 Å². The lowest BCUT2D eigenvalue weighted by Crippen LogP contribution is -2.35. The summed E-state index contributed by atoms with van der Waals surface area (Å²) in [7, 11) is 0. The van der Waals surface area contributed by atoms with Crippen molar-refractivity contribution in [1.82, 2.24) is 0 Å². The minimum atomic E-state index is 0.137. The van der Waals surface area contributed by atoms with Crippen molar-refractivity contribution in [2.75, 3.05) is 6.79 Å².